The Balaban J connectivity index is 1.80. The van der Waals surface area contributed by atoms with Crippen molar-refractivity contribution in [2.24, 2.45) is 5.84 Å². The van der Waals surface area contributed by atoms with Crippen LogP contribution in [0.15, 0.2) is 42.6 Å². The number of nitrogens with one attached hydrogen (secondary N) is 1. The molecule has 1 unspecified atom stereocenters. The Bertz CT molecular complexity index is 589. The molecule has 0 aliphatic heterocycles. The monoisotopic (exact) mass is 270 g/mol. The quantitative estimate of drug-likeness (QED) is 0.491. The first-order chi connectivity index (χ1) is 9.78. The van der Waals surface area contributed by atoms with Gasteiger partial charge in [-0.3, -0.25) is 14.9 Å². The van der Waals surface area contributed by atoms with E-state index in [1.54, 1.807) is 0 Å². The van der Waals surface area contributed by atoms with Crippen molar-refractivity contribution in [3.63, 3.8) is 0 Å². The van der Waals surface area contributed by atoms with Gasteiger partial charge in [0.25, 0.3) is 0 Å². The van der Waals surface area contributed by atoms with Crippen LogP contribution < -0.4 is 11.3 Å². The van der Waals surface area contributed by atoms with E-state index in [9.17, 15) is 4.79 Å². The highest BCUT2D eigenvalue weighted by molar-refractivity contribution is 5.82. The van der Waals surface area contributed by atoms with Crippen LogP contribution in [-0.2, 0) is 11.3 Å². The Hall–Kier alpha value is -2.14. The van der Waals surface area contributed by atoms with Crippen LogP contribution in [0.3, 0.4) is 0 Å². The van der Waals surface area contributed by atoms with Crippen LogP contribution in [0.2, 0.25) is 0 Å². The summed E-state index contributed by atoms with van der Waals surface area (Å²) in [5, 5.41) is 4.55. The summed E-state index contributed by atoms with van der Waals surface area (Å²) >= 11 is 0. The number of nitrogens with zero attached hydrogens (tertiary/aromatic N) is 2. The van der Waals surface area contributed by atoms with Gasteiger partial charge in [-0.2, -0.15) is 5.10 Å². The van der Waals surface area contributed by atoms with Crippen molar-refractivity contribution >= 4 is 5.91 Å². The van der Waals surface area contributed by atoms with Gasteiger partial charge < -0.3 is 0 Å². The molecule has 3 rings (SSSR count). The highest BCUT2D eigenvalue weighted by atomic mass is 16.2. The first-order valence-electron chi connectivity index (χ1n) is 6.86. The molecule has 5 heteroatoms. The molecular weight excluding hydrogens is 252 g/mol. The maximum atomic E-state index is 12.0. The van der Waals surface area contributed by atoms with Gasteiger partial charge in [-0.05, 0) is 24.5 Å². The standard InChI is InChI=1S/C15H18N4O/c16-17-15(20)13(11-4-2-1-3-5-11)10-19-9-8-14(18-19)12-6-7-12/h1-5,8-9,12-13H,6-7,10,16H2,(H,17,20). The predicted molar refractivity (Wildman–Crippen MR) is 75.7 cm³/mol. The maximum Gasteiger partial charge on any atom is 0.243 e. The third kappa shape index (κ3) is 2.72. The molecule has 104 valence electrons. The van der Waals surface area contributed by atoms with E-state index < -0.39 is 0 Å². The van der Waals surface area contributed by atoms with Gasteiger partial charge in [0.1, 0.15) is 0 Å². The van der Waals surface area contributed by atoms with E-state index in [-0.39, 0.29) is 11.8 Å². The number of carbonyl (C=O) groups excluding carboxylic acids is 1. The van der Waals surface area contributed by atoms with Gasteiger partial charge in [-0.25, -0.2) is 5.84 Å². The van der Waals surface area contributed by atoms with Gasteiger partial charge >= 0.3 is 0 Å². The minimum atomic E-state index is -0.326. The van der Waals surface area contributed by atoms with Crippen LogP contribution in [-0.4, -0.2) is 15.7 Å². The first-order valence-corrected chi connectivity index (χ1v) is 6.86. The molecule has 1 fully saturated rings. The zero-order valence-corrected chi connectivity index (χ0v) is 11.2. The van der Waals surface area contributed by atoms with Crippen molar-refractivity contribution in [1.82, 2.24) is 15.2 Å². The molecule has 1 heterocycles. The van der Waals surface area contributed by atoms with Crippen molar-refractivity contribution in [3.05, 3.63) is 53.9 Å². The van der Waals surface area contributed by atoms with Crippen LogP contribution in [0.5, 0.6) is 0 Å². The van der Waals surface area contributed by atoms with Gasteiger partial charge in [0.2, 0.25) is 5.91 Å². The third-order valence-corrected chi connectivity index (χ3v) is 3.69. The molecule has 1 aliphatic rings. The molecule has 0 saturated heterocycles. The average Bonchev–Trinajstić information content (AvgIpc) is 3.24. The molecule has 1 aliphatic carbocycles. The first kappa shape index (κ1) is 12.9. The summed E-state index contributed by atoms with van der Waals surface area (Å²) in [6.45, 7) is 0.500. The molecule has 1 aromatic carbocycles. The fourth-order valence-corrected chi connectivity index (χ4v) is 2.39. The number of aromatic nitrogens is 2. The second-order valence-corrected chi connectivity index (χ2v) is 5.21. The van der Waals surface area contributed by atoms with Crippen molar-refractivity contribution in [3.8, 4) is 0 Å². The Morgan fingerprint density at radius 3 is 2.75 bits per heavy atom. The van der Waals surface area contributed by atoms with Gasteiger partial charge in [-0.1, -0.05) is 30.3 Å². The number of hydrazine groups is 1. The third-order valence-electron chi connectivity index (χ3n) is 3.69. The largest absolute Gasteiger partial charge is 0.294 e. The highest BCUT2D eigenvalue weighted by Crippen LogP contribution is 2.38. The smallest absolute Gasteiger partial charge is 0.243 e. The fraction of sp³-hybridized carbons (Fsp3) is 0.333. The van der Waals surface area contributed by atoms with Crippen molar-refractivity contribution in [1.29, 1.82) is 0 Å². The molecule has 1 aromatic heterocycles. The highest BCUT2D eigenvalue weighted by Gasteiger charge is 2.27. The summed E-state index contributed by atoms with van der Waals surface area (Å²) in [5.41, 5.74) is 4.32. The lowest BCUT2D eigenvalue weighted by atomic mass is 9.98. The van der Waals surface area contributed by atoms with Crippen LogP contribution >= 0.6 is 0 Å². The van der Waals surface area contributed by atoms with E-state index >= 15 is 0 Å². The van der Waals surface area contributed by atoms with E-state index in [1.807, 2.05) is 47.3 Å². The Kier molecular flexibility index (Phi) is 3.52. The SMILES string of the molecule is NNC(=O)C(Cn1ccc(C2CC2)n1)c1ccccc1. The molecule has 0 radical (unpaired) electrons. The molecule has 20 heavy (non-hydrogen) atoms. The molecule has 3 N–H and O–H groups in total. The molecule has 2 aromatic rings. The van der Waals surface area contributed by atoms with E-state index in [4.69, 9.17) is 5.84 Å². The van der Waals surface area contributed by atoms with Crippen LogP contribution in [0.25, 0.3) is 0 Å². The van der Waals surface area contributed by atoms with Gasteiger partial charge in [0.15, 0.2) is 0 Å². The minimum absolute atomic E-state index is 0.195. The topological polar surface area (TPSA) is 72.9 Å². The van der Waals surface area contributed by atoms with E-state index in [2.05, 4.69) is 10.5 Å². The number of rotatable bonds is 5. The summed E-state index contributed by atoms with van der Waals surface area (Å²) in [6, 6.07) is 11.7. The lowest BCUT2D eigenvalue weighted by Gasteiger charge is -2.15. The van der Waals surface area contributed by atoms with Crippen LogP contribution in [0, 0.1) is 0 Å². The maximum absolute atomic E-state index is 12.0. The number of benzene rings is 1. The van der Waals surface area contributed by atoms with Gasteiger partial charge in [-0.15, -0.1) is 0 Å². The Morgan fingerprint density at radius 1 is 1.35 bits per heavy atom. The van der Waals surface area contributed by atoms with Crippen LogP contribution in [0.1, 0.15) is 35.9 Å². The molecular formula is C15H18N4O. The fourth-order valence-electron chi connectivity index (χ4n) is 2.39. The molecule has 0 spiro atoms. The van der Waals surface area contributed by atoms with Gasteiger partial charge in [0.05, 0.1) is 18.2 Å². The number of amides is 1. The second kappa shape index (κ2) is 5.46. The molecule has 0 bridgehead atoms. The van der Waals surface area contributed by atoms with Crippen molar-refractivity contribution in [2.45, 2.75) is 31.2 Å². The van der Waals surface area contributed by atoms with Crippen molar-refractivity contribution < 1.29 is 4.79 Å². The van der Waals surface area contributed by atoms with Crippen LogP contribution in [0.4, 0.5) is 0 Å². The van der Waals surface area contributed by atoms with Crippen molar-refractivity contribution in [2.75, 3.05) is 0 Å². The number of nitrogens with two attached hydrogens (primary N) is 1. The van der Waals surface area contributed by atoms with E-state index in [0.717, 1.165) is 11.3 Å². The predicted octanol–water partition coefficient (Wildman–Crippen LogP) is 1.53. The molecule has 1 atom stereocenters. The second-order valence-electron chi connectivity index (χ2n) is 5.21. The average molecular weight is 270 g/mol. The number of hydrogen-bond donors (Lipinski definition) is 2. The summed E-state index contributed by atoms with van der Waals surface area (Å²) in [4.78, 5) is 12.0. The zero-order valence-electron chi connectivity index (χ0n) is 11.2. The lowest BCUT2D eigenvalue weighted by Crippen LogP contribution is -2.36. The Morgan fingerprint density at radius 2 is 2.10 bits per heavy atom. The van der Waals surface area contributed by atoms with E-state index in [0.29, 0.717) is 12.5 Å². The summed E-state index contributed by atoms with van der Waals surface area (Å²) in [7, 11) is 0. The zero-order chi connectivity index (χ0) is 13.9. The summed E-state index contributed by atoms with van der Waals surface area (Å²) in [5.74, 6) is 5.40. The summed E-state index contributed by atoms with van der Waals surface area (Å²) < 4.78 is 1.83. The Labute approximate surface area is 117 Å². The minimum Gasteiger partial charge on any atom is -0.294 e. The molecule has 1 amide bonds. The lowest BCUT2D eigenvalue weighted by molar-refractivity contribution is -0.123. The van der Waals surface area contributed by atoms with E-state index in [1.165, 1.54) is 12.8 Å². The normalized spacial score (nSPS) is 15.8. The number of carbonyl (C=O) groups is 1. The number of hydrogen-bond acceptors (Lipinski definition) is 3. The molecule has 1 saturated carbocycles. The summed E-state index contributed by atoms with van der Waals surface area (Å²) in [6.07, 6.45) is 4.39. The van der Waals surface area contributed by atoms with Gasteiger partial charge in [0, 0.05) is 12.1 Å². The molecule has 5 nitrogen and oxygen atoms in total.